The smallest absolute Gasteiger partial charge is 0.326 e. The SMILES string of the molecule is COc1ncccc1C(=O)NC(C(=O)O)C1CCCOC1. The number of aromatic nitrogens is 1. The van der Waals surface area contributed by atoms with Crippen LogP contribution in [0, 0.1) is 5.92 Å². The van der Waals surface area contributed by atoms with Crippen molar-refractivity contribution in [3.8, 4) is 5.88 Å². The molecular formula is C14H18N2O5. The molecule has 7 heteroatoms. The van der Waals surface area contributed by atoms with Crippen LogP contribution < -0.4 is 10.1 Å². The highest BCUT2D eigenvalue weighted by Gasteiger charge is 2.32. The molecule has 0 aromatic carbocycles. The van der Waals surface area contributed by atoms with Crippen LogP contribution in [0.1, 0.15) is 23.2 Å². The van der Waals surface area contributed by atoms with E-state index in [1.54, 1.807) is 6.07 Å². The Morgan fingerprint density at radius 2 is 2.38 bits per heavy atom. The lowest BCUT2D eigenvalue weighted by Crippen LogP contribution is -2.48. The van der Waals surface area contributed by atoms with Crippen LogP contribution in [0.5, 0.6) is 5.88 Å². The molecule has 2 heterocycles. The third-order valence-electron chi connectivity index (χ3n) is 3.43. The van der Waals surface area contributed by atoms with Crippen molar-refractivity contribution in [2.45, 2.75) is 18.9 Å². The molecule has 1 fully saturated rings. The van der Waals surface area contributed by atoms with Crippen LogP contribution in [-0.2, 0) is 9.53 Å². The van der Waals surface area contributed by atoms with E-state index < -0.39 is 17.9 Å². The molecule has 1 saturated heterocycles. The summed E-state index contributed by atoms with van der Waals surface area (Å²) in [7, 11) is 1.41. The van der Waals surface area contributed by atoms with Gasteiger partial charge in [0.1, 0.15) is 11.6 Å². The van der Waals surface area contributed by atoms with E-state index in [9.17, 15) is 14.7 Å². The van der Waals surface area contributed by atoms with Crippen molar-refractivity contribution in [1.29, 1.82) is 0 Å². The quantitative estimate of drug-likeness (QED) is 0.829. The van der Waals surface area contributed by atoms with Gasteiger partial charge in [0.2, 0.25) is 5.88 Å². The summed E-state index contributed by atoms with van der Waals surface area (Å²) in [5, 5.41) is 11.9. The minimum absolute atomic E-state index is 0.166. The summed E-state index contributed by atoms with van der Waals surface area (Å²) in [5.74, 6) is -1.65. The summed E-state index contributed by atoms with van der Waals surface area (Å²) in [5.41, 5.74) is 0.211. The number of carbonyl (C=O) groups is 2. The molecule has 1 aliphatic heterocycles. The van der Waals surface area contributed by atoms with Crippen molar-refractivity contribution in [1.82, 2.24) is 10.3 Å². The van der Waals surface area contributed by atoms with Crippen molar-refractivity contribution < 1.29 is 24.2 Å². The van der Waals surface area contributed by atoms with E-state index in [1.165, 1.54) is 19.4 Å². The van der Waals surface area contributed by atoms with Crippen molar-refractivity contribution in [3.05, 3.63) is 23.9 Å². The number of hydrogen-bond acceptors (Lipinski definition) is 5. The van der Waals surface area contributed by atoms with Gasteiger partial charge in [0.05, 0.1) is 13.7 Å². The Balaban J connectivity index is 2.12. The molecule has 2 N–H and O–H groups in total. The summed E-state index contributed by atoms with van der Waals surface area (Å²) >= 11 is 0. The number of nitrogens with one attached hydrogen (secondary N) is 1. The van der Waals surface area contributed by atoms with E-state index in [0.29, 0.717) is 19.6 Å². The van der Waals surface area contributed by atoms with Crippen molar-refractivity contribution in [3.63, 3.8) is 0 Å². The minimum atomic E-state index is -1.07. The Hall–Kier alpha value is -2.15. The first-order valence-corrected chi connectivity index (χ1v) is 6.74. The van der Waals surface area contributed by atoms with Gasteiger partial charge in [-0.15, -0.1) is 0 Å². The van der Waals surface area contributed by atoms with Gasteiger partial charge in [-0.05, 0) is 25.0 Å². The topological polar surface area (TPSA) is 97.8 Å². The minimum Gasteiger partial charge on any atom is -0.480 e. The summed E-state index contributed by atoms with van der Waals surface area (Å²) in [6, 6.07) is 2.15. The van der Waals surface area contributed by atoms with Gasteiger partial charge in [0.15, 0.2) is 0 Å². The van der Waals surface area contributed by atoms with Gasteiger partial charge in [0.25, 0.3) is 5.91 Å². The molecule has 21 heavy (non-hydrogen) atoms. The number of hydrogen-bond donors (Lipinski definition) is 2. The van der Waals surface area contributed by atoms with Gasteiger partial charge >= 0.3 is 5.97 Å². The Morgan fingerprint density at radius 3 is 3.00 bits per heavy atom. The lowest BCUT2D eigenvalue weighted by Gasteiger charge is -2.28. The second-order valence-corrected chi connectivity index (χ2v) is 4.83. The standard InChI is InChI=1S/C14H18N2O5/c1-20-13-10(5-2-6-15-13)12(17)16-11(14(18)19)9-4-3-7-21-8-9/h2,5-6,9,11H,3-4,7-8H2,1H3,(H,16,17)(H,18,19). The van der Waals surface area contributed by atoms with E-state index in [0.717, 1.165) is 6.42 Å². The van der Waals surface area contributed by atoms with E-state index >= 15 is 0 Å². The number of ether oxygens (including phenoxy) is 2. The molecule has 0 radical (unpaired) electrons. The largest absolute Gasteiger partial charge is 0.480 e. The highest BCUT2D eigenvalue weighted by molar-refractivity contribution is 5.98. The number of pyridine rings is 1. The number of carboxylic acid groups (broad SMARTS) is 1. The number of aliphatic carboxylic acids is 1. The van der Waals surface area contributed by atoms with Crippen LogP contribution in [0.15, 0.2) is 18.3 Å². The fourth-order valence-corrected chi connectivity index (χ4v) is 2.36. The van der Waals surface area contributed by atoms with Crippen LogP contribution >= 0.6 is 0 Å². The summed E-state index contributed by atoms with van der Waals surface area (Å²) in [6.07, 6.45) is 3.00. The third kappa shape index (κ3) is 3.69. The zero-order chi connectivity index (χ0) is 15.2. The lowest BCUT2D eigenvalue weighted by molar-refractivity contribution is -0.142. The number of carbonyl (C=O) groups excluding carboxylic acids is 1. The van der Waals surface area contributed by atoms with Crippen molar-refractivity contribution in [2.75, 3.05) is 20.3 Å². The van der Waals surface area contributed by atoms with Gasteiger partial charge < -0.3 is 19.9 Å². The lowest BCUT2D eigenvalue weighted by atomic mass is 9.93. The monoisotopic (exact) mass is 294 g/mol. The molecule has 1 amide bonds. The highest BCUT2D eigenvalue weighted by atomic mass is 16.5. The number of amides is 1. The van der Waals surface area contributed by atoms with Crippen LogP contribution in [0.4, 0.5) is 0 Å². The predicted molar refractivity (Wildman–Crippen MR) is 73.2 cm³/mol. The Bertz CT molecular complexity index is 514. The molecule has 2 rings (SSSR count). The van der Waals surface area contributed by atoms with Crippen molar-refractivity contribution in [2.24, 2.45) is 5.92 Å². The first-order valence-electron chi connectivity index (χ1n) is 6.74. The summed E-state index contributed by atoms with van der Waals surface area (Å²) in [4.78, 5) is 27.6. The zero-order valence-corrected chi connectivity index (χ0v) is 11.7. The molecule has 0 aliphatic carbocycles. The first-order chi connectivity index (χ1) is 10.1. The summed E-state index contributed by atoms with van der Waals surface area (Å²) in [6.45, 7) is 0.967. The zero-order valence-electron chi connectivity index (χ0n) is 11.7. The first kappa shape index (κ1) is 15.2. The second kappa shape index (κ2) is 7.03. The number of methoxy groups -OCH3 is 1. The van der Waals surface area contributed by atoms with Gasteiger partial charge in [-0.1, -0.05) is 0 Å². The van der Waals surface area contributed by atoms with Crippen molar-refractivity contribution >= 4 is 11.9 Å². The van der Waals surface area contributed by atoms with Gasteiger partial charge in [-0.2, -0.15) is 0 Å². The van der Waals surface area contributed by atoms with E-state index in [2.05, 4.69) is 10.3 Å². The molecule has 0 bridgehead atoms. The number of nitrogens with zero attached hydrogens (tertiary/aromatic N) is 1. The van der Waals surface area contributed by atoms with Gasteiger partial charge in [0, 0.05) is 18.7 Å². The van der Waals surface area contributed by atoms with Crippen LogP contribution in [0.3, 0.4) is 0 Å². The maximum atomic E-state index is 12.2. The Kier molecular flexibility index (Phi) is 5.10. The van der Waals surface area contributed by atoms with Crippen LogP contribution in [-0.4, -0.2) is 48.3 Å². The van der Waals surface area contributed by atoms with Gasteiger partial charge in [-0.25, -0.2) is 9.78 Å². The molecule has 114 valence electrons. The fourth-order valence-electron chi connectivity index (χ4n) is 2.36. The molecule has 1 aromatic rings. The number of rotatable bonds is 5. The van der Waals surface area contributed by atoms with E-state index in [4.69, 9.17) is 9.47 Å². The third-order valence-corrected chi connectivity index (χ3v) is 3.43. The highest BCUT2D eigenvalue weighted by Crippen LogP contribution is 2.19. The predicted octanol–water partition coefficient (Wildman–Crippen LogP) is 0.700. The second-order valence-electron chi connectivity index (χ2n) is 4.83. The average Bonchev–Trinajstić information content (AvgIpc) is 2.52. The normalized spacial score (nSPS) is 19.6. The van der Waals surface area contributed by atoms with Crippen LogP contribution in [0.25, 0.3) is 0 Å². The molecule has 0 spiro atoms. The molecular weight excluding hydrogens is 276 g/mol. The van der Waals surface area contributed by atoms with E-state index in [1.807, 2.05) is 0 Å². The number of carboxylic acids is 1. The Labute approximate surface area is 122 Å². The molecule has 1 aliphatic rings. The van der Waals surface area contributed by atoms with E-state index in [-0.39, 0.29) is 17.4 Å². The Morgan fingerprint density at radius 1 is 1.57 bits per heavy atom. The molecule has 0 saturated carbocycles. The van der Waals surface area contributed by atoms with Crippen LogP contribution in [0.2, 0.25) is 0 Å². The average molecular weight is 294 g/mol. The van der Waals surface area contributed by atoms with Gasteiger partial charge in [-0.3, -0.25) is 4.79 Å². The maximum Gasteiger partial charge on any atom is 0.326 e. The molecule has 2 unspecified atom stereocenters. The molecule has 2 atom stereocenters. The molecule has 7 nitrogen and oxygen atoms in total. The molecule has 1 aromatic heterocycles. The fraction of sp³-hybridized carbons (Fsp3) is 0.500. The summed E-state index contributed by atoms with van der Waals surface area (Å²) < 4.78 is 10.3. The maximum absolute atomic E-state index is 12.2.